The third kappa shape index (κ3) is 3.86. The van der Waals surface area contributed by atoms with Crippen molar-refractivity contribution < 1.29 is 0 Å². The molecule has 5 heterocycles. The third-order valence-electron chi connectivity index (χ3n) is 7.58. The van der Waals surface area contributed by atoms with Crippen LogP contribution in [0.1, 0.15) is 0 Å². The summed E-state index contributed by atoms with van der Waals surface area (Å²) in [5.41, 5.74) is 8.92. The van der Waals surface area contributed by atoms with Gasteiger partial charge >= 0.3 is 0 Å². The molecule has 0 aliphatic carbocycles. The zero-order chi connectivity index (χ0) is 27.2. The number of para-hydroxylation sites is 2. The van der Waals surface area contributed by atoms with Crippen molar-refractivity contribution in [1.82, 2.24) is 24.5 Å². The Morgan fingerprint density at radius 1 is 0.463 bits per heavy atom. The summed E-state index contributed by atoms with van der Waals surface area (Å²) >= 11 is 0. The highest BCUT2D eigenvalue weighted by atomic mass is 15.1. The van der Waals surface area contributed by atoms with Gasteiger partial charge in [-0.2, -0.15) is 0 Å². The first-order chi connectivity index (χ1) is 20.3. The summed E-state index contributed by atoms with van der Waals surface area (Å²) < 4.78 is 2.20. The predicted octanol–water partition coefficient (Wildman–Crippen LogP) is 8.52. The summed E-state index contributed by atoms with van der Waals surface area (Å²) in [6, 6.07) is 41.4. The van der Waals surface area contributed by atoms with Crippen LogP contribution in [0, 0.1) is 0 Å². The molecule has 0 saturated heterocycles. The number of aromatic nitrogens is 5. The monoisotopic (exact) mass is 525 g/mol. The molecule has 0 fully saturated rings. The second-order valence-electron chi connectivity index (χ2n) is 9.96. The summed E-state index contributed by atoms with van der Waals surface area (Å²) in [5.74, 6) is 0.842. The normalized spacial score (nSPS) is 11.4. The highest BCUT2D eigenvalue weighted by molar-refractivity contribution is 6.08. The van der Waals surface area contributed by atoms with Gasteiger partial charge in [0.1, 0.15) is 5.82 Å². The van der Waals surface area contributed by atoms with Gasteiger partial charge in [-0.3, -0.25) is 14.5 Å². The molecule has 0 spiro atoms. The van der Waals surface area contributed by atoms with Crippen LogP contribution in [0.2, 0.25) is 0 Å². The minimum Gasteiger partial charge on any atom is -0.294 e. The molecule has 0 aliphatic rings. The van der Waals surface area contributed by atoms with E-state index in [1.165, 1.54) is 0 Å². The SMILES string of the molecule is c1cc(-c2cccc(-n3c4ccccc4c4cnccc43)n2)nc(-c2ccccc2-c2cccc3cccnc23)c1. The average molecular weight is 526 g/mol. The smallest absolute Gasteiger partial charge is 0.138 e. The summed E-state index contributed by atoms with van der Waals surface area (Å²) in [7, 11) is 0. The Morgan fingerprint density at radius 3 is 2.12 bits per heavy atom. The molecule has 41 heavy (non-hydrogen) atoms. The molecule has 5 heteroatoms. The van der Waals surface area contributed by atoms with E-state index in [1.807, 2.05) is 55.0 Å². The Labute approximate surface area is 236 Å². The number of rotatable bonds is 4. The van der Waals surface area contributed by atoms with Gasteiger partial charge in [-0.15, -0.1) is 0 Å². The van der Waals surface area contributed by atoms with Gasteiger partial charge in [0.25, 0.3) is 0 Å². The summed E-state index contributed by atoms with van der Waals surface area (Å²) in [6.07, 6.45) is 5.60. The van der Waals surface area contributed by atoms with Crippen molar-refractivity contribution in [3.8, 4) is 39.6 Å². The average Bonchev–Trinajstić information content (AvgIpc) is 3.39. The van der Waals surface area contributed by atoms with Crippen molar-refractivity contribution in [2.24, 2.45) is 0 Å². The van der Waals surface area contributed by atoms with Gasteiger partial charge in [-0.05, 0) is 48.0 Å². The highest BCUT2D eigenvalue weighted by Gasteiger charge is 2.15. The maximum Gasteiger partial charge on any atom is 0.138 e. The highest BCUT2D eigenvalue weighted by Crippen LogP contribution is 2.36. The predicted molar refractivity (Wildman–Crippen MR) is 166 cm³/mol. The first kappa shape index (κ1) is 23.2. The Bertz CT molecular complexity index is 2170. The lowest BCUT2D eigenvalue weighted by atomic mass is 9.95. The Balaban J connectivity index is 1.26. The fraction of sp³-hybridized carbons (Fsp3) is 0. The molecular weight excluding hydrogens is 502 g/mol. The van der Waals surface area contributed by atoms with Crippen LogP contribution in [0.15, 0.2) is 140 Å². The quantitative estimate of drug-likeness (QED) is 0.231. The molecule has 0 amide bonds. The largest absolute Gasteiger partial charge is 0.294 e. The van der Waals surface area contributed by atoms with Crippen LogP contribution in [-0.4, -0.2) is 24.5 Å². The maximum atomic E-state index is 5.12. The van der Waals surface area contributed by atoms with E-state index in [4.69, 9.17) is 15.0 Å². The molecule has 192 valence electrons. The fourth-order valence-corrected chi connectivity index (χ4v) is 5.74. The van der Waals surface area contributed by atoms with E-state index in [1.54, 1.807) is 0 Å². The van der Waals surface area contributed by atoms with Gasteiger partial charge in [-0.25, -0.2) is 9.97 Å². The van der Waals surface area contributed by atoms with Crippen LogP contribution in [0.25, 0.3) is 72.3 Å². The molecule has 8 rings (SSSR count). The van der Waals surface area contributed by atoms with E-state index in [9.17, 15) is 0 Å². The third-order valence-corrected chi connectivity index (χ3v) is 7.58. The molecule has 0 bridgehead atoms. The number of nitrogens with zero attached hydrogens (tertiary/aromatic N) is 5. The molecule has 0 aliphatic heterocycles. The lowest BCUT2D eigenvalue weighted by Gasteiger charge is -2.13. The van der Waals surface area contributed by atoms with Crippen LogP contribution in [0.3, 0.4) is 0 Å². The molecule has 0 saturated carbocycles. The van der Waals surface area contributed by atoms with Crippen molar-refractivity contribution in [2.75, 3.05) is 0 Å². The van der Waals surface area contributed by atoms with Crippen LogP contribution in [0.5, 0.6) is 0 Å². The van der Waals surface area contributed by atoms with E-state index < -0.39 is 0 Å². The number of pyridine rings is 4. The minimum atomic E-state index is 0.814. The molecule has 8 aromatic rings. The van der Waals surface area contributed by atoms with Crippen LogP contribution < -0.4 is 0 Å². The molecule has 0 N–H and O–H groups in total. The van der Waals surface area contributed by atoms with Crippen molar-refractivity contribution in [1.29, 1.82) is 0 Å². The Morgan fingerprint density at radius 2 is 1.17 bits per heavy atom. The molecule has 0 atom stereocenters. The zero-order valence-electron chi connectivity index (χ0n) is 22.0. The van der Waals surface area contributed by atoms with Crippen molar-refractivity contribution in [3.63, 3.8) is 0 Å². The van der Waals surface area contributed by atoms with Gasteiger partial charge in [0.15, 0.2) is 0 Å². The standard InChI is InChI=1S/C36H23N5/c1-2-12-26(25(11-1)28-14-5-9-24-10-8-21-38-36(24)28)30-15-6-16-31(39-30)32-17-7-19-35(40-32)41-33-18-4-3-13-27(33)29-23-37-22-20-34(29)41/h1-23H. The van der Waals surface area contributed by atoms with E-state index in [-0.39, 0.29) is 0 Å². The van der Waals surface area contributed by atoms with E-state index >= 15 is 0 Å². The number of hydrogen-bond donors (Lipinski definition) is 0. The number of benzene rings is 3. The Hall–Kier alpha value is -5.68. The Kier molecular flexibility index (Phi) is 5.38. The zero-order valence-corrected chi connectivity index (χ0v) is 22.0. The van der Waals surface area contributed by atoms with Gasteiger partial charge < -0.3 is 0 Å². The summed E-state index contributed by atoms with van der Waals surface area (Å²) in [4.78, 5) is 19.3. The van der Waals surface area contributed by atoms with Crippen molar-refractivity contribution in [3.05, 3.63) is 140 Å². The van der Waals surface area contributed by atoms with Gasteiger partial charge in [-0.1, -0.05) is 78.9 Å². The first-order valence-corrected chi connectivity index (χ1v) is 13.6. The van der Waals surface area contributed by atoms with Gasteiger partial charge in [0, 0.05) is 45.9 Å². The lowest BCUT2D eigenvalue weighted by molar-refractivity contribution is 1.08. The van der Waals surface area contributed by atoms with E-state index in [0.29, 0.717) is 0 Å². The molecule has 0 unspecified atom stereocenters. The second kappa shape index (κ2) is 9.50. The first-order valence-electron chi connectivity index (χ1n) is 13.6. The fourth-order valence-electron chi connectivity index (χ4n) is 5.74. The summed E-state index contributed by atoms with van der Waals surface area (Å²) in [5, 5.41) is 3.38. The van der Waals surface area contributed by atoms with Crippen molar-refractivity contribution in [2.45, 2.75) is 0 Å². The molecule has 5 nitrogen and oxygen atoms in total. The van der Waals surface area contributed by atoms with Crippen LogP contribution in [0.4, 0.5) is 0 Å². The van der Waals surface area contributed by atoms with Crippen molar-refractivity contribution >= 4 is 32.7 Å². The maximum absolute atomic E-state index is 5.12. The number of hydrogen-bond acceptors (Lipinski definition) is 4. The lowest BCUT2D eigenvalue weighted by Crippen LogP contribution is -1.99. The number of fused-ring (bicyclic) bond motifs is 4. The van der Waals surface area contributed by atoms with E-state index in [2.05, 4.69) is 94.5 Å². The molecule has 0 radical (unpaired) electrons. The van der Waals surface area contributed by atoms with E-state index in [0.717, 1.165) is 72.3 Å². The minimum absolute atomic E-state index is 0.814. The molecule has 5 aromatic heterocycles. The summed E-state index contributed by atoms with van der Waals surface area (Å²) in [6.45, 7) is 0. The van der Waals surface area contributed by atoms with Crippen LogP contribution in [-0.2, 0) is 0 Å². The molecular formula is C36H23N5. The topological polar surface area (TPSA) is 56.5 Å². The van der Waals surface area contributed by atoms with Crippen LogP contribution >= 0.6 is 0 Å². The second-order valence-corrected chi connectivity index (χ2v) is 9.96. The van der Waals surface area contributed by atoms with Gasteiger partial charge in [0.2, 0.25) is 0 Å². The van der Waals surface area contributed by atoms with Gasteiger partial charge in [0.05, 0.1) is 33.6 Å². The molecule has 3 aromatic carbocycles.